The van der Waals surface area contributed by atoms with E-state index in [0.717, 1.165) is 6.54 Å². The first-order valence-electron chi connectivity index (χ1n) is 4.72. The molecule has 0 aromatic carbocycles. The Morgan fingerprint density at radius 1 is 1.45 bits per heavy atom. The molecule has 2 nitrogen and oxygen atoms in total. The first-order chi connectivity index (χ1) is 5.38. The van der Waals surface area contributed by atoms with Gasteiger partial charge in [-0.1, -0.05) is 13.3 Å². The third kappa shape index (κ3) is 2.46. The largest absolute Gasteiger partial charge is 0.396 e. The van der Waals surface area contributed by atoms with E-state index < -0.39 is 0 Å². The summed E-state index contributed by atoms with van der Waals surface area (Å²) in [6.45, 7) is 3.64. The van der Waals surface area contributed by atoms with E-state index in [9.17, 15) is 0 Å². The van der Waals surface area contributed by atoms with Crippen LogP contribution in [0.4, 0.5) is 0 Å². The van der Waals surface area contributed by atoms with Crippen molar-refractivity contribution in [1.82, 2.24) is 5.32 Å². The van der Waals surface area contributed by atoms with Crippen molar-refractivity contribution in [1.29, 1.82) is 0 Å². The van der Waals surface area contributed by atoms with E-state index >= 15 is 0 Å². The minimum Gasteiger partial charge on any atom is -0.396 e. The first kappa shape index (κ1) is 9.01. The zero-order chi connectivity index (χ0) is 8.10. The van der Waals surface area contributed by atoms with Gasteiger partial charge in [-0.25, -0.2) is 0 Å². The SMILES string of the molecule is CCCN[C@@H]1CCC[C@@H]1CO. The summed E-state index contributed by atoms with van der Waals surface area (Å²) in [5.74, 6) is 0.529. The van der Waals surface area contributed by atoms with E-state index in [4.69, 9.17) is 5.11 Å². The van der Waals surface area contributed by atoms with Crippen LogP contribution in [0.2, 0.25) is 0 Å². The van der Waals surface area contributed by atoms with Crippen molar-refractivity contribution in [3.8, 4) is 0 Å². The molecule has 2 heteroatoms. The van der Waals surface area contributed by atoms with Crippen molar-refractivity contribution in [2.45, 2.75) is 38.6 Å². The highest BCUT2D eigenvalue weighted by molar-refractivity contribution is 4.82. The molecule has 0 heterocycles. The van der Waals surface area contributed by atoms with E-state index in [2.05, 4.69) is 12.2 Å². The van der Waals surface area contributed by atoms with E-state index in [0.29, 0.717) is 18.6 Å². The highest BCUT2D eigenvalue weighted by atomic mass is 16.3. The summed E-state index contributed by atoms with van der Waals surface area (Å²) in [6, 6.07) is 0.597. The molecule has 1 fully saturated rings. The lowest BCUT2D eigenvalue weighted by molar-refractivity contribution is 0.206. The Labute approximate surface area is 69.0 Å². The monoisotopic (exact) mass is 157 g/mol. The van der Waals surface area contributed by atoms with Crippen LogP contribution in [-0.2, 0) is 0 Å². The van der Waals surface area contributed by atoms with E-state index in [-0.39, 0.29) is 0 Å². The fourth-order valence-electron chi connectivity index (χ4n) is 1.85. The van der Waals surface area contributed by atoms with Crippen LogP contribution >= 0.6 is 0 Å². The summed E-state index contributed by atoms with van der Waals surface area (Å²) in [7, 11) is 0. The Balaban J connectivity index is 2.20. The zero-order valence-corrected chi connectivity index (χ0v) is 7.34. The lowest BCUT2D eigenvalue weighted by atomic mass is 10.1. The van der Waals surface area contributed by atoms with E-state index in [1.54, 1.807) is 0 Å². The molecule has 1 rings (SSSR count). The minimum atomic E-state index is 0.362. The third-order valence-corrected chi connectivity index (χ3v) is 2.55. The van der Waals surface area contributed by atoms with Gasteiger partial charge in [0.1, 0.15) is 0 Å². The molecule has 1 aliphatic carbocycles. The summed E-state index contributed by atoms with van der Waals surface area (Å²) >= 11 is 0. The first-order valence-corrected chi connectivity index (χ1v) is 4.72. The quantitative estimate of drug-likeness (QED) is 0.641. The third-order valence-electron chi connectivity index (χ3n) is 2.55. The maximum atomic E-state index is 9.00. The number of hydrogen-bond donors (Lipinski definition) is 2. The molecule has 0 aliphatic heterocycles. The number of aliphatic hydroxyl groups excluding tert-OH is 1. The lowest BCUT2D eigenvalue weighted by Gasteiger charge is -2.18. The second kappa shape index (κ2) is 4.73. The van der Waals surface area contributed by atoms with Gasteiger partial charge in [-0.3, -0.25) is 0 Å². The van der Waals surface area contributed by atoms with E-state index in [1.807, 2.05) is 0 Å². The second-order valence-electron chi connectivity index (χ2n) is 3.43. The molecule has 0 bridgehead atoms. The molecular formula is C9H19NO. The highest BCUT2D eigenvalue weighted by Crippen LogP contribution is 2.24. The molecule has 0 amide bonds. The molecule has 0 aromatic rings. The Bertz CT molecular complexity index is 106. The predicted molar refractivity (Wildman–Crippen MR) is 46.5 cm³/mol. The van der Waals surface area contributed by atoms with Gasteiger partial charge in [0.2, 0.25) is 0 Å². The molecule has 66 valence electrons. The van der Waals surface area contributed by atoms with Crippen LogP contribution < -0.4 is 5.32 Å². The molecule has 0 saturated heterocycles. The number of hydrogen-bond acceptors (Lipinski definition) is 2. The zero-order valence-electron chi connectivity index (χ0n) is 7.34. The number of nitrogens with one attached hydrogen (secondary N) is 1. The Morgan fingerprint density at radius 3 is 2.91 bits per heavy atom. The molecule has 0 aromatic heterocycles. The Morgan fingerprint density at radius 2 is 2.27 bits per heavy atom. The molecule has 0 unspecified atom stereocenters. The van der Waals surface area contributed by atoms with Crippen molar-refractivity contribution in [3.63, 3.8) is 0 Å². The van der Waals surface area contributed by atoms with Crippen LogP contribution in [-0.4, -0.2) is 24.3 Å². The molecule has 1 aliphatic rings. The van der Waals surface area contributed by atoms with Gasteiger partial charge in [-0.15, -0.1) is 0 Å². The molecule has 0 spiro atoms. The highest BCUT2D eigenvalue weighted by Gasteiger charge is 2.25. The van der Waals surface area contributed by atoms with Gasteiger partial charge in [0.15, 0.2) is 0 Å². The van der Waals surface area contributed by atoms with Crippen molar-refractivity contribution in [2.75, 3.05) is 13.2 Å². The maximum Gasteiger partial charge on any atom is 0.0474 e. The maximum absolute atomic E-state index is 9.00. The van der Waals surface area contributed by atoms with E-state index in [1.165, 1.54) is 25.7 Å². The smallest absolute Gasteiger partial charge is 0.0474 e. The molecule has 0 radical (unpaired) electrons. The Hall–Kier alpha value is -0.0800. The summed E-state index contributed by atoms with van der Waals surface area (Å²) < 4.78 is 0. The topological polar surface area (TPSA) is 32.3 Å². The second-order valence-corrected chi connectivity index (χ2v) is 3.43. The average molecular weight is 157 g/mol. The number of aliphatic hydroxyl groups is 1. The van der Waals surface area contributed by atoms with Crippen LogP contribution in [0.15, 0.2) is 0 Å². The van der Waals surface area contributed by atoms with Gasteiger partial charge in [-0.2, -0.15) is 0 Å². The van der Waals surface area contributed by atoms with Gasteiger partial charge in [-0.05, 0) is 31.7 Å². The van der Waals surface area contributed by atoms with Crippen LogP contribution in [0.1, 0.15) is 32.6 Å². The molecular weight excluding hydrogens is 138 g/mol. The number of rotatable bonds is 4. The van der Waals surface area contributed by atoms with Gasteiger partial charge in [0, 0.05) is 12.6 Å². The molecule has 2 atom stereocenters. The van der Waals surface area contributed by atoms with Gasteiger partial charge in [0.05, 0.1) is 0 Å². The van der Waals surface area contributed by atoms with Crippen molar-refractivity contribution in [2.24, 2.45) is 5.92 Å². The van der Waals surface area contributed by atoms with Gasteiger partial charge < -0.3 is 10.4 Å². The average Bonchev–Trinajstić information content (AvgIpc) is 2.47. The van der Waals surface area contributed by atoms with Crippen molar-refractivity contribution >= 4 is 0 Å². The Kier molecular flexibility index (Phi) is 3.87. The minimum absolute atomic E-state index is 0.362. The standard InChI is InChI=1S/C9H19NO/c1-2-6-10-9-5-3-4-8(9)7-11/h8-11H,2-7H2,1H3/t8-,9-/m1/s1. The van der Waals surface area contributed by atoms with Crippen LogP contribution in [0.5, 0.6) is 0 Å². The van der Waals surface area contributed by atoms with Crippen molar-refractivity contribution in [3.05, 3.63) is 0 Å². The predicted octanol–water partition coefficient (Wildman–Crippen LogP) is 1.15. The normalized spacial score (nSPS) is 31.1. The van der Waals surface area contributed by atoms with Crippen LogP contribution in [0.3, 0.4) is 0 Å². The lowest BCUT2D eigenvalue weighted by Crippen LogP contribution is -2.34. The van der Waals surface area contributed by atoms with Crippen molar-refractivity contribution < 1.29 is 5.11 Å². The molecule has 1 saturated carbocycles. The fourth-order valence-corrected chi connectivity index (χ4v) is 1.85. The van der Waals surface area contributed by atoms with Gasteiger partial charge in [0.25, 0.3) is 0 Å². The fraction of sp³-hybridized carbons (Fsp3) is 1.00. The molecule has 11 heavy (non-hydrogen) atoms. The summed E-state index contributed by atoms with van der Waals surface area (Å²) in [4.78, 5) is 0. The van der Waals surface area contributed by atoms with Crippen LogP contribution in [0.25, 0.3) is 0 Å². The summed E-state index contributed by atoms with van der Waals surface area (Å²) in [6.07, 6.45) is 4.93. The molecule has 2 N–H and O–H groups in total. The summed E-state index contributed by atoms with van der Waals surface area (Å²) in [5, 5.41) is 12.5. The van der Waals surface area contributed by atoms with Gasteiger partial charge >= 0.3 is 0 Å². The summed E-state index contributed by atoms with van der Waals surface area (Å²) in [5.41, 5.74) is 0. The van der Waals surface area contributed by atoms with Crippen LogP contribution in [0, 0.1) is 5.92 Å².